The van der Waals surface area contributed by atoms with E-state index in [1.807, 2.05) is 34.6 Å². The molecular formula is C30H59N5O8. The van der Waals surface area contributed by atoms with Gasteiger partial charge in [-0.3, -0.25) is 24.0 Å². The Kier molecular flexibility index (Phi) is 21.0. The van der Waals surface area contributed by atoms with Gasteiger partial charge in [0.1, 0.15) is 18.7 Å². The van der Waals surface area contributed by atoms with Crippen LogP contribution >= 0.6 is 0 Å². The first-order valence-corrected chi connectivity index (χ1v) is 15.4. The summed E-state index contributed by atoms with van der Waals surface area (Å²) in [7, 11) is 5.04. The average molecular weight is 618 g/mol. The highest BCUT2D eigenvalue weighted by atomic mass is 16.6. The van der Waals surface area contributed by atoms with Gasteiger partial charge in [0.05, 0.1) is 45.0 Å². The van der Waals surface area contributed by atoms with E-state index in [-0.39, 0.29) is 79.8 Å². The summed E-state index contributed by atoms with van der Waals surface area (Å²) in [5.74, 6) is 3.55. The maximum atomic E-state index is 13.8. The minimum absolute atomic E-state index is 0.0867. The van der Waals surface area contributed by atoms with Gasteiger partial charge in [0.2, 0.25) is 23.6 Å². The van der Waals surface area contributed by atoms with Crippen molar-refractivity contribution in [2.75, 3.05) is 60.8 Å². The highest BCUT2D eigenvalue weighted by Crippen LogP contribution is 2.23. The Balaban J connectivity index is 5.13. The molecule has 0 saturated carbocycles. The smallest absolute Gasteiger partial charge is 0.248 e. The summed E-state index contributed by atoms with van der Waals surface area (Å²) < 4.78 is 16.6. The van der Waals surface area contributed by atoms with Crippen molar-refractivity contribution in [1.82, 2.24) is 20.4 Å². The lowest BCUT2D eigenvalue weighted by Crippen LogP contribution is -2.60. The normalized spacial score (nSPS) is 15.0. The Labute approximate surface area is 258 Å². The van der Waals surface area contributed by atoms with Crippen molar-refractivity contribution in [2.24, 2.45) is 23.7 Å². The number of amides is 4. The van der Waals surface area contributed by atoms with Gasteiger partial charge in [0, 0.05) is 27.7 Å². The van der Waals surface area contributed by atoms with Gasteiger partial charge in [-0.1, -0.05) is 54.9 Å². The van der Waals surface area contributed by atoms with Gasteiger partial charge in [0.25, 0.3) is 0 Å². The van der Waals surface area contributed by atoms with Crippen LogP contribution in [-0.2, 0) is 38.2 Å². The molecule has 13 nitrogen and oxygen atoms in total. The van der Waals surface area contributed by atoms with Crippen molar-refractivity contribution < 1.29 is 38.2 Å². The average Bonchev–Trinajstić information content (AvgIpc) is 2.96. The lowest BCUT2D eigenvalue weighted by atomic mass is 9.90. The fourth-order valence-corrected chi connectivity index (χ4v) is 5.03. The largest absolute Gasteiger partial charge is 0.379 e. The number of hydrogen-bond acceptors (Lipinski definition) is 9. The molecule has 252 valence electrons. The van der Waals surface area contributed by atoms with Crippen LogP contribution in [0.2, 0.25) is 0 Å². The molecule has 0 aromatic rings. The summed E-state index contributed by atoms with van der Waals surface area (Å²) in [5, 5.41) is 5.54. The van der Waals surface area contributed by atoms with E-state index in [1.54, 1.807) is 26.1 Å². The topological polar surface area (TPSA) is 162 Å². The second-order valence-electron chi connectivity index (χ2n) is 11.6. The minimum Gasteiger partial charge on any atom is -0.379 e. The first kappa shape index (κ1) is 40.7. The second-order valence-corrected chi connectivity index (χ2v) is 11.6. The summed E-state index contributed by atoms with van der Waals surface area (Å²) >= 11 is 0. The van der Waals surface area contributed by atoms with Crippen LogP contribution in [0.3, 0.4) is 0 Å². The van der Waals surface area contributed by atoms with Crippen molar-refractivity contribution >= 4 is 23.6 Å². The number of ether oxygens (including phenoxy) is 3. The molecule has 0 radical (unpaired) electrons. The van der Waals surface area contributed by atoms with Crippen molar-refractivity contribution in [1.29, 1.82) is 0 Å². The zero-order valence-corrected chi connectivity index (χ0v) is 28.1. The Morgan fingerprint density at radius 3 is 1.93 bits per heavy atom. The predicted molar refractivity (Wildman–Crippen MR) is 165 cm³/mol. The van der Waals surface area contributed by atoms with Crippen LogP contribution in [0.1, 0.15) is 67.7 Å². The van der Waals surface area contributed by atoms with E-state index < -0.39 is 12.1 Å². The summed E-state index contributed by atoms with van der Waals surface area (Å²) in [6.07, 6.45) is 1.60. The number of nitrogens with two attached hydrogens (primary N) is 1. The molecule has 4 N–H and O–H groups in total. The van der Waals surface area contributed by atoms with Crippen molar-refractivity contribution in [3.05, 3.63) is 0 Å². The Hall–Kier alpha value is -2.32. The number of methoxy groups -OCH3 is 1. The molecule has 0 unspecified atom stereocenters. The van der Waals surface area contributed by atoms with E-state index in [1.165, 1.54) is 4.90 Å². The molecule has 0 spiro atoms. The van der Waals surface area contributed by atoms with Crippen LogP contribution in [0.15, 0.2) is 0 Å². The number of nitrogens with one attached hydrogen (secondary N) is 2. The maximum absolute atomic E-state index is 13.8. The molecule has 0 aliphatic carbocycles. The molecule has 0 bridgehead atoms. The number of hydrogen-bond donors (Lipinski definition) is 3. The van der Waals surface area contributed by atoms with Crippen molar-refractivity contribution in [3.63, 3.8) is 0 Å². The van der Waals surface area contributed by atoms with Gasteiger partial charge >= 0.3 is 0 Å². The van der Waals surface area contributed by atoms with Crippen LogP contribution in [0, 0.1) is 17.8 Å². The fraction of sp³-hybridized carbons (Fsp3) is 0.867. The van der Waals surface area contributed by atoms with E-state index in [2.05, 4.69) is 29.3 Å². The zero-order chi connectivity index (χ0) is 33.1. The molecule has 43 heavy (non-hydrogen) atoms. The molecule has 0 rings (SSSR count). The molecule has 0 aromatic heterocycles. The van der Waals surface area contributed by atoms with Gasteiger partial charge in [0.15, 0.2) is 0 Å². The molecule has 13 heteroatoms. The predicted octanol–water partition coefficient (Wildman–Crippen LogP) is 1.34. The third-order valence-corrected chi connectivity index (χ3v) is 7.66. The summed E-state index contributed by atoms with van der Waals surface area (Å²) in [6.45, 7) is 14.9. The van der Waals surface area contributed by atoms with Gasteiger partial charge < -0.3 is 34.6 Å². The van der Waals surface area contributed by atoms with Gasteiger partial charge in [-0.2, -0.15) is 0 Å². The van der Waals surface area contributed by atoms with Crippen LogP contribution in [0.5, 0.6) is 0 Å². The quantitative estimate of drug-likeness (QED) is 0.113. The van der Waals surface area contributed by atoms with E-state index in [4.69, 9.17) is 20.1 Å². The summed E-state index contributed by atoms with van der Waals surface area (Å²) in [5.41, 5.74) is 0. The highest BCUT2D eigenvalue weighted by molar-refractivity contribution is 5.92. The molecule has 5 atom stereocenters. The molecule has 0 heterocycles. The number of carbonyl (C=O) groups excluding carboxylic acids is 4. The summed E-state index contributed by atoms with van der Waals surface area (Å²) in [6, 6.07) is -1.66. The van der Waals surface area contributed by atoms with Gasteiger partial charge in [-0.25, -0.2) is 5.90 Å². The molecule has 0 aliphatic rings. The lowest BCUT2D eigenvalue weighted by molar-refractivity contribution is -0.146. The van der Waals surface area contributed by atoms with Gasteiger partial charge in [-0.15, -0.1) is 0 Å². The third-order valence-electron chi connectivity index (χ3n) is 7.66. The molecular weight excluding hydrogens is 558 g/mol. The maximum Gasteiger partial charge on any atom is 0.248 e. The second kappa shape index (κ2) is 22.2. The number of nitrogens with zero attached hydrogens (tertiary/aromatic N) is 2. The minimum atomic E-state index is -0.761. The summed E-state index contributed by atoms with van der Waals surface area (Å²) in [4.78, 5) is 58.9. The molecule has 0 aliphatic heterocycles. The first-order valence-electron chi connectivity index (χ1n) is 15.4. The Morgan fingerprint density at radius 1 is 0.837 bits per heavy atom. The number of carbonyl (C=O) groups is 4. The molecule has 0 aromatic carbocycles. The van der Waals surface area contributed by atoms with Crippen LogP contribution in [-0.4, -0.2) is 118 Å². The van der Waals surface area contributed by atoms with Gasteiger partial charge in [-0.05, 0) is 24.2 Å². The standard InChI is InChI=1S/C30H59N5O8/c1-11-22(7)28(23(12-2)40-10)35(9)30(39)26(20(3)4)33-29(38)27(21(5)6)34(8)25(37)13-15-41-17-18-42-16-14-32-24(36)19-43-31/h20-23,26-28H,11-19,31H2,1-10H3,(H,32,36)(H,33,38)/t22-,23+,26-,27-,28-/m0/s1. The van der Waals surface area contributed by atoms with Crippen LogP contribution < -0.4 is 16.5 Å². The van der Waals surface area contributed by atoms with Crippen LogP contribution in [0.4, 0.5) is 0 Å². The zero-order valence-electron chi connectivity index (χ0n) is 28.1. The third kappa shape index (κ3) is 14.3. The molecule has 4 amide bonds. The Morgan fingerprint density at radius 2 is 1.44 bits per heavy atom. The number of likely N-dealkylation sites (N-methyl/N-ethyl adjacent to an activating group) is 2. The SMILES string of the molecule is CC[C@H](C)[C@@H]([C@@H](CC)OC)N(C)C(=O)[C@@H](NC(=O)[C@H](C(C)C)N(C)C(=O)CCOCCOCCNC(=O)CON)C(C)C. The first-order chi connectivity index (χ1) is 20.3. The lowest BCUT2D eigenvalue weighted by Gasteiger charge is -2.40. The molecule has 0 saturated heterocycles. The van der Waals surface area contributed by atoms with E-state index >= 15 is 0 Å². The molecule has 0 fully saturated rings. The highest BCUT2D eigenvalue weighted by Gasteiger charge is 2.38. The Bertz CT molecular complexity index is 824. The van der Waals surface area contributed by atoms with Crippen molar-refractivity contribution in [3.8, 4) is 0 Å². The van der Waals surface area contributed by atoms with Crippen molar-refractivity contribution in [2.45, 2.75) is 92.0 Å². The van der Waals surface area contributed by atoms with E-state index in [9.17, 15) is 19.2 Å². The van der Waals surface area contributed by atoms with Crippen LogP contribution in [0.25, 0.3) is 0 Å². The monoisotopic (exact) mass is 617 g/mol. The van der Waals surface area contributed by atoms with E-state index in [0.29, 0.717) is 19.8 Å². The number of rotatable bonds is 23. The van der Waals surface area contributed by atoms with E-state index in [0.717, 1.165) is 12.8 Å². The fourth-order valence-electron chi connectivity index (χ4n) is 5.03.